The molecule has 48 heavy (non-hydrogen) atoms. The second-order valence-electron chi connectivity index (χ2n) is 9.34. The summed E-state index contributed by atoms with van der Waals surface area (Å²) in [6.45, 7) is 3.91. The fraction of sp³-hybridized carbons (Fsp3) is 0.222. The predicted molar refractivity (Wildman–Crippen MR) is 189 cm³/mol. The molecule has 12 heteroatoms. The van der Waals surface area contributed by atoms with E-state index in [1.54, 1.807) is 126 Å². The van der Waals surface area contributed by atoms with E-state index in [9.17, 15) is 19.2 Å². The summed E-state index contributed by atoms with van der Waals surface area (Å²) in [4.78, 5) is 43.0. The number of amides is 4. The van der Waals surface area contributed by atoms with Crippen LogP contribution >= 0.6 is 0 Å². The second kappa shape index (κ2) is 22.5. The maximum atomic E-state index is 10.8. The van der Waals surface area contributed by atoms with Crippen molar-refractivity contribution in [2.45, 2.75) is 27.7 Å². The number of methoxy groups -OCH3 is 4. The first-order valence-corrected chi connectivity index (χ1v) is 14.3. The third-order valence-electron chi connectivity index (χ3n) is 5.50. The Labute approximate surface area is 286 Å². The summed E-state index contributed by atoms with van der Waals surface area (Å²) in [5.74, 6) is 1.93. The summed E-state index contributed by atoms with van der Waals surface area (Å²) in [6.07, 6.45) is 0. The number of nitrogens with one attached hydrogen (secondary N) is 4. The number of hydrogen-bond donors (Lipinski definition) is 4. The van der Waals surface area contributed by atoms with Gasteiger partial charge in [-0.3, -0.25) is 19.2 Å². The van der Waals surface area contributed by atoms with Crippen molar-refractivity contribution in [3.63, 3.8) is 0 Å². The molecule has 0 aliphatic rings. The van der Waals surface area contributed by atoms with Crippen LogP contribution in [-0.2, 0) is 19.2 Å². The van der Waals surface area contributed by atoms with Gasteiger partial charge in [0.1, 0.15) is 23.0 Å². The summed E-state index contributed by atoms with van der Waals surface area (Å²) >= 11 is 0. The lowest BCUT2D eigenvalue weighted by molar-refractivity contribution is -0.115. The molecule has 0 unspecified atom stereocenters. The maximum Gasteiger partial charge on any atom is 0.221 e. The molecular formula is C36H44N4O8. The van der Waals surface area contributed by atoms with Gasteiger partial charge in [-0.15, -0.1) is 0 Å². The van der Waals surface area contributed by atoms with E-state index in [1.807, 2.05) is 0 Å². The van der Waals surface area contributed by atoms with E-state index in [1.165, 1.54) is 20.8 Å². The van der Waals surface area contributed by atoms with Crippen LogP contribution in [0.3, 0.4) is 0 Å². The first kappa shape index (κ1) is 34.8. The van der Waals surface area contributed by atoms with Crippen molar-refractivity contribution >= 4 is 46.4 Å². The molecular weight excluding hydrogens is 616 g/mol. The quantitative estimate of drug-likeness (QED) is 0.164. The van der Waals surface area contributed by atoms with Crippen molar-refractivity contribution in [1.29, 1.82) is 0 Å². The van der Waals surface area contributed by atoms with E-state index in [4.69, 9.17) is 23.1 Å². The molecule has 256 valence electrons. The van der Waals surface area contributed by atoms with Crippen LogP contribution in [0.4, 0.5) is 22.7 Å². The summed E-state index contributed by atoms with van der Waals surface area (Å²) in [7, 11) is 6.32. The summed E-state index contributed by atoms with van der Waals surface area (Å²) in [5.41, 5.74) is 2.53. The smallest absolute Gasteiger partial charge is 0.221 e. The third kappa shape index (κ3) is 18.1. The molecule has 0 aliphatic heterocycles. The van der Waals surface area contributed by atoms with Crippen LogP contribution in [0.1, 0.15) is 29.0 Å². The van der Waals surface area contributed by atoms with E-state index in [0.29, 0.717) is 28.6 Å². The van der Waals surface area contributed by atoms with Gasteiger partial charge in [0.15, 0.2) is 2.82 Å². The molecule has 4 N–H and O–H groups in total. The molecule has 0 radical (unpaired) electrons. The zero-order chi connectivity index (χ0) is 38.3. The van der Waals surface area contributed by atoms with Crippen molar-refractivity contribution in [2.75, 3.05) is 49.7 Å². The third-order valence-corrected chi connectivity index (χ3v) is 5.50. The Kier molecular flexibility index (Phi) is 16.3. The average molecular weight is 664 g/mol. The lowest BCUT2D eigenvalue weighted by atomic mass is 10.3. The van der Waals surface area contributed by atoms with E-state index >= 15 is 0 Å². The molecule has 4 aromatic carbocycles. The Balaban J connectivity index is 0.000000340. The minimum Gasteiger partial charge on any atom is -0.497 e. The van der Waals surface area contributed by atoms with Crippen molar-refractivity contribution in [3.05, 3.63) is 97.1 Å². The molecule has 4 amide bonds. The highest BCUT2D eigenvalue weighted by atomic mass is 16.5. The predicted octanol–water partition coefficient (Wildman–Crippen LogP) is 6.61. The van der Waals surface area contributed by atoms with Gasteiger partial charge in [-0.25, -0.2) is 0 Å². The minimum atomic E-state index is -0.315. The lowest BCUT2D eigenvalue weighted by Crippen LogP contribution is -2.05. The van der Waals surface area contributed by atoms with Crippen molar-refractivity contribution < 1.29 is 42.3 Å². The highest BCUT2D eigenvalue weighted by molar-refractivity contribution is 5.90. The van der Waals surface area contributed by atoms with Gasteiger partial charge < -0.3 is 40.2 Å². The number of hydrogen-bond acceptors (Lipinski definition) is 8. The first-order valence-electron chi connectivity index (χ1n) is 15.9. The Morgan fingerprint density at radius 3 is 0.896 bits per heavy atom. The Hall–Kier alpha value is -6.04. The summed E-state index contributed by atoms with van der Waals surface area (Å²) in [5, 5.41) is 6.89. The average Bonchev–Trinajstić information content (AvgIpc) is 3.15. The van der Waals surface area contributed by atoms with Gasteiger partial charge in [0.05, 0.1) is 28.4 Å². The molecule has 0 saturated carbocycles. The highest BCUT2D eigenvalue weighted by Gasteiger charge is 1.97. The monoisotopic (exact) mass is 663 g/mol. The summed E-state index contributed by atoms with van der Waals surface area (Å²) in [6, 6.07) is 27.6. The number of rotatable bonds is 8. The minimum absolute atomic E-state index is 0.0693. The fourth-order valence-corrected chi connectivity index (χ4v) is 3.39. The van der Waals surface area contributed by atoms with Crippen molar-refractivity contribution in [2.24, 2.45) is 0 Å². The molecule has 12 nitrogen and oxygen atoms in total. The Morgan fingerprint density at radius 1 is 0.438 bits per heavy atom. The van der Waals surface area contributed by atoms with Crippen LogP contribution in [0.15, 0.2) is 97.1 Å². The van der Waals surface area contributed by atoms with Gasteiger partial charge in [0.2, 0.25) is 23.6 Å². The van der Waals surface area contributed by atoms with Crippen LogP contribution < -0.4 is 40.2 Å². The van der Waals surface area contributed by atoms with Gasteiger partial charge in [0.25, 0.3) is 0 Å². The Bertz CT molecular complexity index is 1580. The molecule has 0 aliphatic carbocycles. The number of carbonyl (C=O) groups is 4. The normalized spacial score (nSPS) is 10.0. The zero-order valence-corrected chi connectivity index (χ0v) is 28.1. The molecule has 0 fully saturated rings. The first-order chi connectivity index (χ1) is 24.3. The topological polar surface area (TPSA) is 153 Å². The molecule has 0 aromatic heterocycles. The van der Waals surface area contributed by atoms with E-state index in [-0.39, 0.29) is 30.5 Å². The van der Waals surface area contributed by atoms with Crippen LogP contribution in [-0.4, -0.2) is 52.1 Å². The largest absolute Gasteiger partial charge is 0.497 e. The van der Waals surface area contributed by atoms with Gasteiger partial charge in [0, 0.05) is 51.8 Å². The van der Waals surface area contributed by atoms with E-state index in [2.05, 4.69) is 10.6 Å². The van der Waals surface area contributed by atoms with Crippen LogP contribution in [0.25, 0.3) is 0 Å². The number of ether oxygens (including phenoxy) is 4. The summed E-state index contributed by atoms with van der Waals surface area (Å²) < 4.78 is 41.3. The molecule has 4 rings (SSSR count). The molecule has 0 spiro atoms. The molecule has 4 aromatic rings. The van der Waals surface area contributed by atoms with Gasteiger partial charge in [-0.05, 0) is 97.1 Å². The number of carbonyl (C=O) groups excluding carboxylic acids is 4. The number of benzene rings is 4. The van der Waals surface area contributed by atoms with E-state index in [0.717, 1.165) is 27.8 Å². The standard InChI is InChI=1S/4C9H11NO2/c4*1-7(11)10-8-3-5-9(12-2)6-4-8/h4*3-6H,1-2H3,(H,10,11)/i1D;;;/hD2. The van der Waals surface area contributed by atoms with Crippen molar-refractivity contribution in [1.82, 2.24) is 0 Å². The second-order valence-corrected chi connectivity index (χ2v) is 9.34. The molecule has 0 bridgehead atoms. The van der Waals surface area contributed by atoms with Crippen LogP contribution in [0, 0.1) is 0 Å². The van der Waals surface area contributed by atoms with Gasteiger partial charge >= 0.3 is 0 Å². The molecule has 0 heterocycles. The Morgan fingerprint density at radius 2 is 0.688 bits per heavy atom. The maximum absolute atomic E-state index is 10.8. The van der Waals surface area contributed by atoms with Gasteiger partial charge in [-0.1, -0.05) is 0 Å². The lowest BCUT2D eigenvalue weighted by Gasteiger charge is -2.02. The highest BCUT2D eigenvalue weighted by Crippen LogP contribution is 2.17. The SMILES string of the molecule is COc1ccc(NC(C)=O)cc1.[2H]CC(=O)Nc1ccc(OC)cc1.[2H]N(C(C)=O)c1ccc(OC)cc1.[2H]N(C(C)=O)c1ccc(OC)cc1. The van der Waals surface area contributed by atoms with Gasteiger partial charge in [-0.2, -0.15) is 0 Å². The zero-order valence-electron chi connectivity index (χ0n) is 31.1. The van der Waals surface area contributed by atoms with E-state index < -0.39 is 0 Å². The molecule has 0 saturated heterocycles. The number of anilines is 4. The van der Waals surface area contributed by atoms with Crippen LogP contribution in [0.5, 0.6) is 23.0 Å². The van der Waals surface area contributed by atoms with Crippen LogP contribution in [0.2, 0.25) is 2.82 Å². The fourth-order valence-electron chi connectivity index (χ4n) is 3.39. The van der Waals surface area contributed by atoms with Crippen molar-refractivity contribution in [3.8, 4) is 23.0 Å². The molecule has 0 atom stereocenters.